The lowest BCUT2D eigenvalue weighted by molar-refractivity contribution is -0.356. The van der Waals surface area contributed by atoms with E-state index in [9.17, 15) is 4.79 Å². The maximum absolute atomic E-state index is 12.1. The number of carbonyl (C=O) groups is 1. The molecule has 0 saturated carbocycles. The summed E-state index contributed by atoms with van der Waals surface area (Å²) in [6.45, 7) is 0. The molecule has 1 amide bonds. The molecule has 0 aliphatic rings. The van der Waals surface area contributed by atoms with E-state index in [1.165, 1.54) is 17.4 Å². The van der Waals surface area contributed by atoms with Crippen LogP contribution in [-0.4, -0.2) is 16.9 Å². The molecule has 8 heteroatoms. The highest BCUT2D eigenvalue weighted by molar-refractivity contribution is 7.21. The molecule has 0 radical (unpaired) electrons. The summed E-state index contributed by atoms with van der Waals surface area (Å²) < 4.78 is 1.03. The highest BCUT2D eigenvalue weighted by Gasteiger charge is 2.13. The number of guanidine groups is 1. The number of rotatable bonds is 2. The first-order valence-electron chi connectivity index (χ1n) is 6.54. The van der Waals surface area contributed by atoms with Gasteiger partial charge in [-0.15, -0.1) is 4.98 Å². The number of halogens is 2. The second-order valence-corrected chi connectivity index (χ2v) is 6.45. The first-order valence-corrected chi connectivity index (χ1v) is 8.11. The molecule has 0 aliphatic heterocycles. The molecule has 5 nitrogen and oxygen atoms in total. The minimum Gasteiger partial charge on any atom is -0.310 e. The smallest absolute Gasteiger partial charge is 0.310 e. The third kappa shape index (κ3) is 3.61. The number of para-hydroxylation sites is 1. The summed E-state index contributed by atoms with van der Waals surface area (Å²) in [6, 6.07) is 12.3. The highest BCUT2D eigenvalue weighted by Crippen LogP contribution is 2.23. The summed E-state index contributed by atoms with van der Waals surface area (Å²) in [5.41, 5.74) is 7.03. The number of benzene rings is 2. The first kappa shape index (κ1) is 15.7. The molecule has 0 unspecified atom stereocenters. The number of hydrogen-bond donors (Lipinski definition) is 3. The summed E-state index contributed by atoms with van der Waals surface area (Å²) >= 11 is 13.2. The van der Waals surface area contributed by atoms with Crippen molar-refractivity contribution in [3.05, 3.63) is 58.1 Å². The van der Waals surface area contributed by atoms with Gasteiger partial charge >= 0.3 is 5.96 Å². The zero-order valence-corrected chi connectivity index (χ0v) is 14.0. The maximum Gasteiger partial charge on any atom is 0.312 e. The SMILES string of the molecule is NC(NC(=O)c1ccc(Cl)c(Cl)c1)=[NH+]c1nc2ccccc2s1. The van der Waals surface area contributed by atoms with Crippen molar-refractivity contribution in [3.8, 4) is 0 Å². The van der Waals surface area contributed by atoms with Crippen molar-refractivity contribution in [2.75, 3.05) is 0 Å². The molecular weight excluding hydrogens is 355 g/mol. The standard InChI is InChI=1S/C15H10Cl2N4OS/c16-9-6-5-8(7-10(9)17)13(22)20-14(18)21-15-19-11-3-1-2-4-12(11)23-15/h1-7H,(H3,18,19,20,21,22)/p+1. The van der Waals surface area contributed by atoms with Gasteiger partial charge in [-0.1, -0.05) is 46.7 Å². The van der Waals surface area contributed by atoms with Crippen molar-refractivity contribution in [2.24, 2.45) is 5.73 Å². The summed E-state index contributed by atoms with van der Waals surface area (Å²) in [4.78, 5) is 19.4. The molecule has 0 saturated heterocycles. The Morgan fingerprint density at radius 2 is 1.96 bits per heavy atom. The summed E-state index contributed by atoms with van der Waals surface area (Å²) in [5.74, 6) is -0.310. The van der Waals surface area contributed by atoms with Crippen LogP contribution in [0, 0.1) is 0 Å². The Hall–Kier alpha value is -2.15. The van der Waals surface area contributed by atoms with Crippen LogP contribution in [-0.2, 0) is 0 Å². The van der Waals surface area contributed by atoms with E-state index in [0.717, 1.165) is 10.2 Å². The van der Waals surface area contributed by atoms with E-state index in [1.807, 2.05) is 24.3 Å². The van der Waals surface area contributed by atoms with E-state index in [-0.39, 0.29) is 5.96 Å². The van der Waals surface area contributed by atoms with Crippen LogP contribution in [0.2, 0.25) is 10.0 Å². The summed E-state index contributed by atoms with van der Waals surface area (Å²) in [6.07, 6.45) is 0. The lowest BCUT2D eigenvalue weighted by Crippen LogP contribution is -2.74. The predicted molar refractivity (Wildman–Crippen MR) is 93.4 cm³/mol. The van der Waals surface area contributed by atoms with Gasteiger partial charge in [-0.2, -0.15) is 0 Å². The molecule has 116 valence electrons. The van der Waals surface area contributed by atoms with E-state index in [2.05, 4.69) is 15.3 Å². The van der Waals surface area contributed by atoms with Gasteiger partial charge < -0.3 is 5.73 Å². The second-order valence-electron chi connectivity index (χ2n) is 4.61. The number of amides is 1. The van der Waals surface area contributed by atoms with Crippen molar-refractivity contribution in [1.29, 1.82) is 0 Å². The Kier molecular flexibility index (Phi) is 4.47. The number of aromatic nitrogens is 1. The van der Waals surface area contributed by atoms with Crippen LogP contribution < -0.4 is 16.0 Å². The largest absolute Gasteiger partial charge is 0.312 e. The highest BCUT2D eigenvalue weighted by atomic mass is 35.5. The van der Waals surface area contributed by atoms with Crippen LogP contribution in [0.3, 0.4) is 0 Å². The summed E-state index contributed by atoms with van der Waals surface area (Å²) in [7, 11) is 0. The van der Waals surface area contributed by atoms with Crippen molar-refractivity contribution in [1.82, 2.24) is 10.3 Å². The Morgan fingerprint density at radius 1 is 1.17 bits per heavy atom. The van der Waals surface area contributed by atoms with E-state index < -0.39 is 5.91 Å². The van der Waals surface area contributed by atoms with Gasteiger partial charge in [-0.25, -0.2) is 10.3 Å². The minimum absolute atomic E-state index is 0.0835. The zero-order valence-electron chi connectivity index (χ0n) is 11.6. The third-order valence-electron chi connectivity index (χ3n) is 2.97. The second kappa shape index (κ2) is 6.54. The molecule has 0 bridgehead atoms. The third-order valence-corrected chi connectivity index (χ3v) is 4.66. The van der Waals surface area contributed by atoms with Gasteiger partial charge in [0, 0.05) is 0 Å². The Balaban J connectivity index is 1.78. The van der Waals surface area contributed by atoms with E-state index >= 15 is 0 Å². The average Bonchev–Trinajstić information content (AvgIpc) is 2.91. The molecule has 0 spiro atoms. The number of fused-ring (bicyclic) bond motifs is 1. The quantitative estimate of drug-likeness (QED) is 0.480. The number of thiazole rings is 1. The van der Waals surface area contributed by atoms with Crippen LogP contribution in [0.5, 0.6) is 0 Å². The molecule has 0 atom stereocenters. The van der Waals surface area contributed by atoms with Gasteiger partial charge in [0.15, 0.2) is 0 Å². The van der Waals surface area contributed by atoms with Crippen LogP contribution in [0.4, 0.5) is 5.13 Å². The topological polar surface area (TPSA) is 82.0 Å². The van der Waals surface area contributed by atoms with Crippen LogP contribution in [0.1, 0.15) is 10.4 Å². The van der Waals surface area contributed by atoms with E-state index in [0.29, 0.717) is 20.7 Å². The molecule has 2 aromatic carbocycles. The molecule has 4 N–H and O–H groups in total. The van der Waals surface area contributed by atoms with Gasteiger partial charge in [0.1, 0.15) is 5.52 Å². The molecule has 23 heavy (non-hydrogen) atoms. The zero-order chi connectivity index (χ0) is 16.4. The lowest BCUT2D eigenvalue weighted by Gasteiger charge is -2.01. The number of nitrogens with two attached hydrogens (primary N) is 1. The molecule has 1 heterocycles. The van der Waals surface area contributed by atoms with Gasteiger partial charge in [-0.05, 0) is 30.3 Å². The Labute approximate surface area is 145 Å². The van der Waals surface area contributed by atoms with Crippen molar-refractivity contribution >= 4 is 61.8 Å². The monoisotopic (exact) mass is 365 g/mol. The fraction of sp³-hybridized carbons (Fsp3) is 0. The Morgan fingerprint density at radius 3 is 2.70 bits per heavy atom. The van der Waals surface area contributed by atoms with Crippen molar-refractivity contribution in [2.45, 2.75) is 0 Å². The fourth-order valence-electron chi connectivity index (χ4n) is 1.90. The normalized spacial score (nSPS) is 11.7. The molecule has 3 aromatic rings. The molecule has 3 rings (SSSR count). The van der Waals surface area contributed by atoms with E-state index in [1.54, 1.807) is 12.1 Å². The molecule has 0 aliphatic carbocycles. The molecule has 1 aromatic heterocycles. The first-order chi connectivity index (χ1) is 11.0. The number of nitrogens with zero attached hydrogens (tertiary/aromatic N) is 1. The minimum atomic E-state index is -0.394. The van der Waals surface area contributed by atoms with Crippen molar-refractivity contribution in [3.63, 3.8) is 0 Å². The number of hydrogen-bond acceptors (Lipinski definition) is 3. The number of nitrogens with one attached hydrogen (secondary N) is 2. The van der Waals surface area contributed by atoms with Crippen LogP contribution in [0.25, 0.3) is 10.2 Å². The van der Waals surface area contributed by atoms with Crippen LogP contribution >= 0.6 is 34.5 Å². The lowest BCUT2D eigenvalue weighted by atomic mass is 10.2. The van der Waals surface area contributed by atoms with E-state index in [4.69, 9.17) is 28.9 Å². The molecular formula is C15H11Cl2N4OS+. The fourth-order valence-corrected chi connectivity index (χ4v) is 3.08. The van der Waals surface area contributed by atoms with Gasteiger partial charge in [-0.3, -0.25) is 4.79 Å². The van der Waals surface area contributed by atoms with Gasteiger partial charge in [0.2, 0.25) is 0 Å². The van der Waals surface area contributed by atoms with Gasteiger partial charge in [0.05, 0.1) is 20.3 Å². The number of carbonyl (C=O) groups excluding carboxylic acids is 1. The Bertz CT molecular complexity index is 890. The van der Waals surface area contributed by atoms with Crippen molar-refractivity contribution < 1.29 is 9.79 Å². The summed E-state index contributed by atoms with van der Waals surface area (Å²) in [5, 5.41) is 3.83. The predicted octanol–water partition coefficient (Wildman–Crippen LogP) is 2.06. The molecule has 0 fully saturated rings. The average molecular weight is 366 g/mol. The van der Waals surface area contributed by atoms with Gasteiger partial charge in [0.25, 0.3) is 11.0 Å². The maximum atomic E-state index is 12.1. The van der Waals surface area contributed by atoms with Crippen LogP contribution in [0.15, 0.2) is 42.5 Å².